The van der Waals surface area contributed by atoms with E-state index in [4.69, 9.17) is 0 Å². The molecule has 1 saturated carbocycles. The summed E-state index contributed by atoms with van der Waals surface area (Å²) in [5.74, 6) is -0.113. The average molecular weight is 289 g/mol. The van der Waals surface area contributed by atoms with Gasteiger partial charge >= 0.3 is 0 Å². The van der Waals surface area contributed by atoms with E-state index >= 15 is 0 Å². The first-order valence-electron chi connectivity index (χ1n) is 7.51. The molecule has 1 heterocycles. The Morgan fingerprint density at radius 2 is 2.19 bits per heavy atom. The third-order valence-corrected chi connectivity index (χ3v) is 4.30. The SMILES string of the molecule is C[C@H]([C@@H](C)NCC(=O)NC1(C#N)CCCC1)n1cccn1. The van der Waals surface area contributed by atoms with Gasteiger partial charge in [-0.05, 0) is 45.6 Å². The summed E-state index contributed by atoms with van der Waals surface area (Å²) in [5, 5.41) is 19.6. The van der Waals surface area contributed by atoms with Crippen molar-refractivity contribution in [3.05, 3.63) is 18.5 Å². The van der Waals surface area contributed by atoms with Crippen molar-refractivity contribution in [2.45, 2.75) is 57.2 Å². The normalized spacial score (nSPS) is 19.7. The summed E-state index contributed by atoms with van der Waals surface area (Å²) in [5.41, 5.74) is -0.643. The Morgan fingerprint density at radius 3 is 2.76 bits per heavy atom. The lowest BCUT2D eigenvalue weighted by Gasteiger charge is -2.24. The highest BCUT2D eigenvalue weighted by Crippen LogP contribution is 2.28. The lowest BCUT2D eigenvalue weighted by Crippen LogP contribution is -2.49. The number of aromatic nitrogens is 2. The molecular weight excluding hydrogens is 266 g/mol. The van der Waals surface area contributed by atoms with Crippen molar-refractivity contribution in [3.63, 3.8) is 0 Å². The molecule has 1 amide bonds. The Hall–Kier alpha value is -1.87. The predicted octanol–water partition coefficient (Wildman–Crippen LogP) is 1.37. The second kappa shape index (κ2) is 6.72. The smallest absolute Gasteiger partial charge is 0.235 e. The Kier molecular flexibility index (Phi) is 4.97. The Balaban J connectivity index is 1.80. The second-order valence-electron chi connectivity index (χ2n) is 5.85. The maximum Gasteiger partial charge on any atom is 0.235 e. The van der Waals surface area contributed by atoms with E-state index in [-0.39, 0.29) is 24.5 Å². The maximum absolute atomic E-state index is 12.0. The quantitative estimate of drug-likeness (QED) is 0.828. The van der Waals surface area contributed by atoms with Gasteiger partial charge in [0.2, 0.25) is 5.91 Å². The van der Waals surface area contributed by atoms with Crippen molar-refractivity contribution in [3.8, 4) is 6.07 Å². The standard InChI is InChI=1S/C15H23N5O/c1-12(13(2)20-9-5-8-18-20)17-10-14(21)19-15(11-16)6-3-4-7-15/h5,8-9,12-13,17H,3-4,6-7,10H2,1-2H3,(H,19,21)/t12-,13-/m1/s1. The van der Waals surface area contributed by atoms with Crippen molar-refractivity contribution in [1.29, 1.82) is 5.26 Å². The minimum atomic E-state index is -0.643. The van der Waals surface area contributed by atoms with Crippen LogP contribution in [0.2, 0.25) is 0 Å². The Morgan fingerprint density at radius 1 is 1.48 bits per heavy atom. The number of nitriles is 1. The van der Waals surface area contributed by atoms with Crippen molar-refractivity contribution >= 4 is 5.91 Å². The van der Waals surface area contributed by atoms with Gasteiger partial charge in [0.05, 0.1) is 18.7 Å². The summed E-state index contributed by atoms with van der Waals surface area (Å²) >= 11 is 0. The molecule has 0 aromatic carbocycles. The van der Waals surface area contributed by atoms with Crippen LogP contribution >= 0.6 is 0 Å². The van der Waals surface area contributed by atoms with Gasteiger partial charge in [0.25, 0.3) is 0 Å². The van der Waals surface area contributed by atoms with E-state index in [1.54, 1.807) is 6.20 Å². The molecule has 2 N–H and O–H groups in total. The van der Waals surface area contributed by atoms with Gasteiger partial charge in [-0.3, -0.25) is 9.48 Å². The van der Waals surface area contributed by atoms with Crippen LogP contribution in [0.1, 0.15) is 45.6 Å². The molecular formula is C15H23N5O. The van der Waals surface area contributed by atoms with Crippen molar-refractivity contribution in [2.24, 2.45) is 0 Å². The maximum atomic E-state index is 12.0. The largest absolute Gasteiger partial charge is 0.337 e. The highest BCUT2D eigenvalue weighted by Gasteiger charge is 2.35. The van der Waals surface area contributed by atoms with E-state index in [9.17, 15) is 10.1 Å². The van der Waals surface area contributed by atoms with Crippen LogP contribution in [0.4, 0.5) is 0 Å². The molecule has 1 aromatic heterocycles. The third kappa shape index (κ3) is 3.82. The minimum Gasteiger partial charge on any atom is -0.337 e. The molecule has 1 aliphatic rings. The first kappa shape index (κ1) is 15.5. The number of hydrogen-bond donors (Lipinski definition) is 2. The third-order valence-electron chi connectivity index (χ3n) is 4.30. The molecule has 0 saturated heterocycles. The number of rotatable bonds is 6. The van der Waals surface area contributed by atoms with E-state index in [0.29, 0.717) is 0 Å². The fourth-order valence-corrected chi connectivity index (χ4v) is 2.73. The summed E-state index contributed by atoms with van der Waals surface area (Å²) in [6.07, 6.45) is 7.18. The highest BCUT2D eigenvalue weighted by molar-refractivity contribution is 5.79. The molecule has 0 unspecified atom stereocenters. The van der Waals surface area contributed by atoms with Crippen LogP contribution in [0, 0.1) is 11.3 Å². The zero-order valence-corrected chi connectivity index (χ0v) is 12.7. The van der Waals surface area contributed by atoms with Crippen LogP contribution in [0.15, 0.2) is 18.5 Å². The van der Waals surface area contributed by atoms with Crippen LogP contribution in [0.25, 0.3) is 0 Å². The van der Waals surface area contributed by atoms with Crippen molar-refractivity contribution < 1.29 is 4.79 Å². The van der Waals surface area contributed by atoms with Gasteiger partial charge in [0.15, 0.2) is 0 Å². The number of carbonyl (C=O) groups is 1. The second-order valence-corrected chi connectivity index (χ2v) is 5.85. The van der Waals surface area contributed by atoms with Crippen LogP contribution in [-0.2, 0) is 4.79 Å². The van der Waals surface area contributed by atoms with Crippen LogP contribution in [0.5, 0.6) is 0 Å². The summed E-state index contributed by atoms with van der Waals surface area (Å²) in [6.45, 7) is 4.29. The Labute approximate surface area is 125 Å². The number of hydrogen-bond acceptors (Lipinski definition) is 4. The molecule has 0 bridgehead atoms. The van der Waals surface area contributed by atoms with E-state index in [1.807, 2.05) is 23.9 Å². The molecule has 1 fully saturated rings. The van der Waals surface area contributed by atoms with Gasteiger partial charge in [0.1, 0.15) is 5.54 Å². The number of amides is 1. The van der Waals surface area contributed by atoms with Gasteiger partial charge in [-0.1, -0.05) is 0 Å². The molecule has 21 heavy (non-hydrogen) atoms. The minimum absolute atomic E-state index is 0.109. The summed E-state index contributed by atoms with van der Waals surface area (Å²) < 4.78 is 1.86. The summed E-state index contributed by atoms with van der Waals surface area (Å²) in [6, 6.07) is 4.41. The number of nitrogens with one attached hydrogen (secondary N) is 2. The number of nitrogens with zero attached hydrogens (tertiary/aromatic N) is 3. The van der Waals surface area contributed by atoms with Gasteiger partial charge in [-0.25, -0.2) is 0 Å². The molecule has 0 spiro atoms. The molecule has 6 heteroatoms. The van der Waals surface area contributed by atoms with Gasteiger partial charge in [-0.2, -0.15) is 10.4 Å². The van der Waals surface area contributed by atoms with Crippen LogP contribution in [-0.4, -0.2) is 33.8 Å². The summed E-state index contributed by atoms with van der Waals surface area (Å²) in [4.78, 5) is 12.0. The molecule has 1 aromatic rings. The first-order chi connectivity index (χ1) is 10.1. The fraction of sp³-hybridized carbons (Fsp3) is 0.667. The van der Waals surface area contributed by atoms with E-state index in [2.05, 4.69) is 28.7 Å². The molecule has 0 radical (unpaired) electrons. The predicted molar refractivity (Wildman–Crippen MR) is 79.4 cm³/mol. The van der Waals surface area contributed by atoms with Crippen LogP contribution < -0.4 is 10.6 Å². The molecule has 0 aliphatic heterocycles. The molecule has 1 aliphatic carbocycles. The fourth-order valence-electron chi connectivity index (χ4n) is 2.73. The molecule has 114 valence electrons. The summed E-state index contributed by atoms with van der Waals surface area (Å²) in [7, 11) is 0. The topological polar surface area (TPSA) is 82.7 Å². The molecule has 2 rings (SSSR count). The van der Waals surface area contributed by atoms with Crippen molar-refractivity contribution in [1.82, 2.24) is 20.4 Å². The molecule has 6 nitrogen and oxygen atoms in total. The lowest BCUT2D eigenvalue weighted by atomic mass is 10.00. The van der Waals surface area contributed by atoms with E-state index in [0.717, 1.165) is 25.7 Å². The van der Waals surface area contributed by atoms with E-state index < -0.39 is 5.54 Å². The van der Waals surface area contributed by atoms with Gasteiger partial charge in [-0.15, -0.1) is 0 Å². The molecule has 2 atom stereocenters. The number of carbonyl (C=O) groups excluding carboxylic acids is 1. The Bertz CT molecular complexity index is 499. The van der Waals surface area contributed by atoms with Gasteiger partial charge in [0, 0.05) is 18.4 Å². The average Bonchev–Trinajstić information content (AvgIpc) is 3.15. The zero-order chi connectivity index (χ0) is 15.3. The first-order valence-corrected chi connectivity index (χ1v) is 7.51. The van der Waals surface area contributed by atoms with Crippen LogP contribution in [0.3, 0.4) is 0 Å². The zero-order valence-electron chi connectivity index (χ0n) is 12.7. The highest BCUT2D eigenvalue weighted by atomic mass is 16.2. The monoisotopic (exact) mass is 289 g/mol. The van der Waals surface area contributed by atoms with E-state index in [1.165, 1.54) is 0 Å². The lowest BCUT2D eigenvalue weighted by molar-refractivity contribution is -0.121. The van der Waals surface area contributed by atoms with Gasteiger partial charge < -0.3 is 10.6 Å². The van der Waals surface area contributed by atoms with Crippen molar-refractivity contribution in [2.75, 3.05) is 6.54 Å².